The van der Waals surface area contributed by atoms with E-state index in [1.54, 1.807) is 0 Å². The fourth-order valence-corrected chi connectivity index (χ4v) is 2.79. The van der Waals surface area contributed by atoms with E-state index in [0.29, 0.717) is 12.4 Å². The molecule has 1 unspecified atom stereocenters. The number of rotatable bonds is 7. The van der Waals surface area contributed by atoms with E-state index in [-0.39, 0.29) is 5.41 Å². The van der Waals surface area contributed by atoms with Gasteiger partial charge in [-0.1, -0.05) is 25.4 Å². The van der Waals surface area contributed by atoms with Gasteiger partial charge in [-0.15, -0.1) is 0 Å². The van der Waals surface area contributed by atoms with Gasteiger partial charge < -0.3 is 14.6 Å². The van der Waals surface area contributed by atoms with E-state index < -0.39 is 0 Å². The third-order valence-electron chi connectivity index (χ3n) is 3.70. The first-order valence-corrected chi connectivity index (χ1v) is 7.42. The molecule has 1 N–H and O–H groups in total. The Kier molecular flexibility index (Phi) is 5.34. The van der Waals surface area contributed by atoms with Crippen molar-refractivity contribution in [1.82, 2.24) is 15.5 Å². The minimum absolute atomic E-state index is 0.0308. The molecule has 108 valence electrons. The van der Waals surface area contributed by atoms with Crippen LogP contribution in [0, 0.1) is 0 Å². The summed E-state index contributed by atoms with van der Waals surface area (Å²) in [6, 6.07) is 0. The molecule has 0 aromatic carbocycles. The molecule has 0 bridgehead atoms. The zero-order valence-electron chi connectivity index (χ0n) is 12.1. The second-order valence-electron chi connectivity index (χ2n) is 5.38. The topological polar surface area (TPSA) is 60.2 Å². The highest BCUT2D eigenvalue weighted by Crippen LogP contribution is 2.34. The van der Waals surface area contributed by atoms with Crippen molar-refractivity contribution in [3.8, 4) is 0 Å². The van der Waals surface area contributed by atoms with Gasteiger partial charge in [0.2, 0.25) is 5.89 Å². The lowest BCUT2D eigenvalue weighted by atomic mass is 9.77. The van der Waals surface area contributed by atoms with Gasteiger partial charge in [-0.3, -0.25) is 0 Å². The van der Waals surface area contributed by atoms with E-state index in [2.05, 4.69) is 29.3 Å². The molecule has 2 heterocycles. The molecule has 1 aromatic rings. The summed E-state index contributed by atoms with van der Waals surface area (Å²) in [4.78, 5) is 4.55. The van der Waals surface area contributed by atoms with E-state index in [0.717, 1.165) is 51.3 Å². The normalized spacial score (nSPS) is 23.7. The summed E-state index contributed by atoms with van der Waals surface area (Å²) in [6.07, 6.45) is 5.53. The first kappa shape index (κ1) is 14.5. The second kappa shape index (κ2) is 7.01. The van der Waals surface area contributed by atoms with Crippen molar-refractivity contribution < 1.29 is 9.26 Å². The Balaban J connectivity index is 2.04. The molecule has 5 heteroatoms. The zero-order valence-corrected chi connectivity index (χ0v) is 12.1. The summed E-state index contributed by atoms with van der Waals surface area (Å²) in [6.45, 7) is 7.52. The van der Waals surface area contributed by atoms with Crippen LogP contribution in [0.1, 0.15) is 57.7 Å². The summed E-state index contributed by atoms with van der Waals surface area (Å²) in [5.74, 6) is 1.46. The molecule has 1 aliphatic heterocycles. The number of nitrogens with zero attached hydrogens (tertiary/aromatic N) is 2. The maximum Gasteiger partial charge on any atom is 0.234 e. The highest BCUT2D eigenvalue weighted by Gasteiger charge is 2.38. The van der Waals surface area contributed by atoms with Gasteiger partial charge in [-0.2, -0.15) is 4.98 Å². The molecule has 0 radical (unpaired) electrons. The van der Waals surface area contributed by atoms with Crippen molar-refractivity contribution >= 4 is 0 Å². The first-order valence-electron chi connectivity index (χ1n) is 7.42. The summed E-state index contributed by atoms with van der Waals surface area (Å²) < 4.78 is 11.0. The average Bonchev–Trinajstić information content (AvgIpc) is 2.90. The molecule has 0 saturated carbocycles. The highest BCUT2D eigenvalue weighted by molar-refractivity contribution is 5.08. The van der Waals surface area contributed by atoms with Crippen LogP contribution in [-0.4, -0.2) is 29.8 Å². The van der Waals surface area contributed by atoms with Crippen LogP contribution >= 0.6 is 0 Å². The van der Waals surface area contributed by atoms with E-state index in [9.17, 15) is 0 Å². The number of nitrogens with one attached hydrogen (secondary N) is 1. The average molecular weight is 267 g/mol. The van der Waals surface area contributed by atoms with E-state index in [4.69, 9.17) is 9.26 Å². The predicted octanol–water partition coefficient (Wildman–Crippen LogP) is 2.42. The molecule has 1 saturated heterocycles. The Morgan fingerprint density at radius 2 is 2.26 bits per heavy atom. The van der Waals surface area contributed by atoms with Crippen LogP contribution in [0.25, 0.3) is 0 Å². The summed E-state index contributed by atoms with van der Waals surface area (Å²) in [7, 11) is 0. The zero-order chi connectivity index (χ0) is 13.6. The molecular formula is C14H25N3O2. The lowest BCUT2D eigenvalue weighted by Crippen LogP contribution is -2.43. The number of hydrogen-bond donors (Lipinski definition) is 1. The molecule has 1 fully saturated rings. The van der Waals surface area contributed by atoms with Crippen LogP contribution in [0.2, 0.25) is 0 Å². The molecule has 1 atom stereocenters. The maximum atomic E-state index is 5.51. The third-order valence-corrected chi connectivity index (χ3v) is 3.70. The molecule has 0 aliphatic carbocycles. The molecule has 19 heavy (non-hydrogen) atoms. The molecule has 0 amide bonds. The van der Waals surface area contributed by atoms with E-state index in [1.807, 2.05) is 0 Å². The SMILES string of the molecule is CCCOCc1noc(C2(CCC)CCCNC2)n1. The van der Waals surface area contributed by atoms with Crippen LogP contribution in [-0.2, 0) is 16.8 Å². The predicted molar refractivity (Wildman–Crippen MR) is 72.9 cm³/mol. The van der Waals surface area contributed by atoms with Crippen LogP contribution in [0.15, 0.2) is 4.52 Å². The second-order valence-corrected chi connectivity index (χ2v) is 5.38. The summed E-state index contributed by atoms with van der Waals surface area (Å²) in [5, 5.41) is 7.51. The van der Waals surface area contributed by atoms with E-state index in [1.165, 1.54) is 6.42 Å². The van der Waals surface area contributed by atoms with Crippen LogP contribution in [0.5, 0.6) is 0 Å². The van der Waals surface area contributed by atoms with Crippen molar-refractivity contribution in [2.45, 2.75) is 58.0 Å². The lowest BCUT2D eigenvalue weighted by Gasteiger charge is -2.34. The van der Waals surface area contributed by atoms with Crippen molar-refractivity contribution in [2.24, 2.45) is 0 Å². The summed E-state index contributed by atoms with van der Waals surface area (Å²) >= 11 is 0. The Morgan fingerprint density at radius 1 is 1.37 bits per heavy atom. The molecule has 5 nitrogen and oxygen atoms in total. The number of piperidine rings is 1. The van der Waals surface area contributed by atoms with Crippen molar-refractivity contribution in [3.63, 3.8) is 0 Å². The fraction of sp³-hybridized carbons (Fsp3) is 0.857. The van der Waals surface area contributed by atoms with Crippen LogP contribution in [0.4, 0.5) is 0 Å². The maximum absolute atomic E-state index is 5.51. The molecule has 2 rings (SSSR count). The minimum Gasteiger partial charge on any atom is -0.373 e. The first-order chi connectivity index (χ1) is 9.30. The van der Waals surface area contributed by atoms with Crippen molar-refractivity contribution in [3.05, 3.63) is 11.7 Å². The standard InChI is InChI=1S/C14H25N3O2/c1-3-6-14(7-5-8-15-11-14)13-16-12(17-19-13)10-18-9-4-2/h15H,3-11H2,1-2H3. The van der Waals surface area contributed by atoms with Crippen molar-refractivity contribution in [1.29, 1.82) is 0 Å². The molecular weight excluding hydrogens is 242 g/mol. The quantitative estimate of drug-likeness (QED) is 0.769. The van der Waals surface area contributed by atoms with Gasteiger partial charge in [0.15, 0.2) is 5.82 Å². The molecule has 1 aromatic heterocycles. The van der Waals surface area contributed by atoms with Crippen LogP contribution < -0.4 is 5.32 Å². The molecule has 1 aliphatic rings. The van der Waals surface area contributed by atoms with Gasteiger partial charge in [0.1, 0.15) is 6.61 Å². The minimum atomic E-state index is 0.0308. The Hall–Kier alpha value is -0.940. The lowest BCUT2D eigenvalue weighted by molar-refractivity contribution is 0.114. The van der Waals surface area contributed by atoms with E-state index >= 15 is 0 Å². The highest BCUT2D eigenvalue weighted by atomic mass is 16.5. The Labute approximate surface area is 115 Å². The fourth-order valence-electron chi connectivity index (χ4n) is 2.79. The van der Waals surface area contributed by atoms with Gasteiger partial charge in [0, 0.05) is 13.2 Å². The van der Waals surface area contributed by atoms with Gasteiger partial charge in [-0.05, 0) is 32.2 Å². The van der Waals surface area contributed by atoms with Gasteiger partial charge in [-0.25, -0.2) is 0 Å². The number of aromatic nitrogens is 2. The van der Waals surface area contributed by atoms with Crippen molar-refractivity contribution in [2.75, 3.05) is 19.7 Å². The third kappa shape index (κ3) is 3.54. The van der Waals surface area contributed by atoms with Crippen LogP contribution in [0.3, 0.4) is 0 Å². The number of hydrogen-bond acceptors (Lipinski definition) is 5. The smallest absolute Gasteiger partial charge is 0.234 e. The Bertz CT molecular complexity index is 367. The Morgan fingerprint density at radius 3 is 2.95 bits per heavy atom. The van der Waals surface area contributed by atoms with Gasteiger partial charge in [0.25, 0.3) is 0 Å². The number of ether oxygens (including phenoxy) is 1. The monoisotopic (exact) mass is 267 g/mol. The summed E-state index contributed by atoms with van der Waals surface area (Å²) in [5.41, 5.74) is 0.0308. The molecule has 0 spiro atoms. The van der Waals surface area contributed by atoms with Gasteiger partial charge >= 0.3 is 0 Å². The largest absolute Gasteiger partial charge is 0.373 e. The van der Waals surface area contributed by atoms with Gasteiger partial charge in [0.05, 0.1) is 5.41 Å².